The molecule has 4 aromatic rings. The molecular formula is C23H21NO4. The van der Waals surface area contributed by atoms with Crippen LogP contribution in [0.15, 0.2) is 65.1 Å². The zero-order valence-corrected chi connectivity index (χ0v) is 15.8. The SMILES string of the molecule is COc1ccccc1CCC(=O)Nc1cc2oc3ccccc3c2cc1OC. The van der Waals surface area contributed by atoms with Crippen molar-refractivity contribution < 1.29 is 18.7 Å². The number of hydrogen-bond acceptors (Lipinski definition) is 4. The van der Waals surface area contributed by atoms with Crippen LogP contribution >= 0.6 is 0 Å². The third-order valence-corrected chi connectivity index (χ3v) is 4.79. The highest BCUT2D eigenvalue weighted by molar-refractivity contribution is 6.07. The molecule has 1 heterocycles. The van der Waals surface area contributed by atoms with Crippen LogP contribution in [-0.4, -0.2) is 20.1 Å². The molecule has 28 heavy (non-hydrogen) atoms. The van der Waals surface area contributed by atoms with Crippen LogP contribution in [0.5, 0.6) is 11.5 Å². The van der Waals surface area contributed by atoms with Crippen LogP contribution in [0.3, 0.4) is 0 Å². The zero-order valence-electron chi connectivity index (χ0n) is 15.8. The molecule has 5 heteroatoms. The number of aryl methyl sites for hydroxylation is 1. The van der Waals surface area contributed by atoms with Gasteiger partial charge in [0, 0.05) is 23.3 Å². The molecule has 0 aliphatic heterocycles. The van der Waals surface area contributed by atoms with E-state index in [-0.39, 0.29) is 5.91 Å². The van der Waals surface area contributed by atoms with Gasteiger partial charge in [0.2, 0.25) is 5.91 Å². The van der Waals surface area contributed by atoms with Crippen LogP contribution in [0.2, 0.25) is 0 Å². The Labute approximate surface area is 162 Å². The van der Waals surface area contributed by atoms with E-state index in [1.807, 2.05) is 60.7 Å². The van der Waals surface area contributed by atoms with Gasteiger partial charge in [-0.25, -0.2) is 0 Å². The van der Waals surface area contributed by atoms with E-state index in [1.165, 1.54) is 0 Å². The summed E-state index contributed by atoms with van der Waals surface area (Å²) in [6.07, 6.45) is 0.923. The van der Waals surface area contributed by atoms with E-state index in [9.17, 15) is 4.79 Å². The average molecular weight is 375 g/mol. The van der Waals surface area contributed by atoms with E-state index < -0.39 is 0 Å². The molecule has 0 bridgehead atoms. The standard InChI is InChI=1S/C23H21NO4/c1-26-19-9-5-3-7-15(19)11-12-23(25)24-18-14-21-17(13-22(18)27-2)16-8-4-6-10-20(16)28-21/h3-10,13-14H,11-12H2,1-2H3,(H,24,25). The van der Waals surface area contributed by atoms with Gasteiger partial charge in [-0.1, -0.05) is 36.4 Å². The fourth-order valence-electron chi connectivity index (χ4n) is 3.39. The van der Waals surface area contributed by atoms with Gasteiger partial charge in [0.05, 0.1) is 19.9 Å². The normalized spacial score (nSPS) is 10.9. The number of ether oxygens (including phenoxy) is 2. The molecule has 0 fully saturated rings. The maximum absolute atomic E-state index is 12.5. The fourth-order valence-corrected chi connectivity index (χ4v) is 3.39. The van der Waals surface area contributed by atoms with Gasteiger partial charge in [0.25, 0.3) is 0 Å². The van der Waals surface area contributed by atoms with Crippen molar-refractivity contribution in [1.29, 1.82) is 0 Å². The molecule has 5 nitrogen and oxygen atoms in total. The van der Waals surface area contributed by atoms with Crippen LogP contribution in [0.25, 0.3) is 21.9 Å². The highest BCUT2D eigenvalue weighted by atomic mass is 16.5. The number of nitrogens with one attached hydrogen (secondary N) is 1. The summed E-state index contributed by atoms with van der Waals surface area (Å²) < 4.78 is 16.8. The first kappa shape index (κ1) is 17.9. The Balaban J connectivity index is 1.56. The molecule has 0 aliphatic carbocycles. The van der Waals surface area contributed by atoms with Gasteiger partial charge in [-0.15, -0.1) is 0 Å². The van der Waals surface area contributed by atoms with Gasteiger partial charge in [-0.05, 0) is 30.2 Å². The van der Waals surface area contributed by atoms with Gasteiger partial charge < -0.3 is 19.2 Å². The molecule has 4 rings (SSSR count). The second-order valence-electron chi connectivity index (χ2n) is 6.51. The lowest BCUT2D eigenvalue weighted by molar-refractivity contribution is -0.116. The quantitative estimate of drug-likeness (QED) is 0.505. The molecule has 1 N–H and O–H groups in total. The number of methoxy groups -OCH3 is 2. The van der Waals surface area contributed by atoms with E-state index in [0.29, 0.717) is 29.9 Å². The van der Waals surface area contributed by atoms with Crippen LogP contribution < -0.4 is 14.8 Å². The Kier molecular flexibility index (Phi) is 4.89. The molecule has 0 unspecified atom stereocenters. The molecule has 1 amide bonds. The largest absolute Gasteiger partial charge is 0.496 e. The summed E-state index contributed by atoms with van der Waals surface area (Å²) in [5, 5.41) is 4.92. The van der Waals surface area contributed by atoms with Gasteiger partial charge in [-0.3, -0.25) is 4.79 Å². The fraction of sp³-hybridized carbons (Fsp3) is 0.174. The number of fused-ring (bicyclic) bond motifs is 3. The van der Waals surface area contributed by atoms with Crippen LogP contribution in [0.1, 0.15) is 12.0 Å². The maximum Gasteiger partial charge on any atom is 0.224 e. The second-order valence-corrected chi connectivity index (χ2v) is 6.51. The molecule has 0 aliphatic rings. The smallest absolute Gasteiger partial charge is 0.224 e. The number of benzene rings is 3. The minimum atomic E-state index is -0.0975. The number of para-hydroxylation sites is 2. The van der Waals surface area contributed by atoms with Gasteiger partial charge in [0.1, 0.15) is 22.7 Å². The predicted octanol–water partition coefficient (Wildman–Crippen LogP) is 5.17. The Bertz CT molecular complexity index is 1150. The third kappa shape index (κ3) is 3.39. The van der Waals surface area contributed by atoms with Crippen molar-refractivity contribution >= 4 is 33.5 Å². The van der Waals surface area contributed by atoms with E-state index in [1.54, 1.807) is 14.2 Å². The number of furan rings is 1. The molecule has 3 aromatic carbocycles. The third-order valence-electron chi connectivity index (χ3n) is 4.79. The molecule has 0 saturated heterocycles. The monoisotopic (exact) mass is 375 g/mol. The Hall–Kier alpha value is -3.47. The summed E-state index contributed by atoms with van der Waals surface area (Å²) in [5.74, 6) is 1.29. The predicted molar refractivity (Wildman–Crippen MR) is 110 cm³/mol. The van der Waals surface area contributed by atoms with E-state index in [2.05, 4.69) is 5.32 Å². The number of carbonyl (C=O) groups is 1. The first-order valence-electron chi connectivity index (χ1n) is 9.10. The lowest BCUT2D eigenvalue weighted by Crippen LogP contribution is -2.13. The minimum absolute atomic E-state index is 0.0975. The molecule has 142 valence electrons. The number of rotatable bonds is 6. The highest BCUT2D eigenvalue weighted by Gasteiger charge is 2.14. The summed E-state index contributed by atoms with van der Waals surface area (Å²) in [7, 11) is 3.22. The zero-order chi connectivity index (χ0) is 19.5. The lowest BCUT2D eigenvalue weighted by atomic mass is 10.1. The highest BCUT2D eigenvalue weighted by Crippen LogP contribution is 2.36. The van der Waals surface area contributed by atoms with Crippen molar-refractivity contribution in [1.82, 2.24) is 0 Å². The van der Waals surface area contributed by atoms with E-state index in [4.69, 9.17) is 13.9 Å². The summed E-state index contributed by atoms with van der Waals surface area (Å²) in [5.41, 5.74) is 3.11. The van der Waals surface area contributed by atoms with Crippen molar-refractivity contribution in [3.05, 3.63) is 66.2 Å². The number of amides is 1. The Morgan fingerprint density at radius 3 is 2.46 bits per heavy atom. The first-order chi connectivity index (χ1) is 13.7. The molecule has 0 saturated carbocycles. The molecule has 0 spiro atoms. The molecule has 1 aromatic heterocycles. The molecule has 0 radical (unpaired) electrons. The number of carbonyl (C=O) groups excluding carboxylic acids is 1. The number of hydrogen-bond donors (Lipinski definition) is 1. The topological polar surface area (TPSA) is 60.7 Å². The van der Waals surface area contributed by atoms with Gasteiger partial charge >= 0.3 is 0 Å². The first-order valence-corrected chi connectivity index (χ1v) is 9.10. The lowest BCUT2D eigenvalue weighted by Gasteiger charge is -2.11. The van der Waals surface area contributed by atoms with Crippen molar-refractivity contribution in [3.63, 3.8) is 0 Å². The van der Waals surface area contributed by atoms with Crippen LogP contribution in [0, 0.1) is 0 Å². The van der Waals surface area contributed by atoms with E-state index in [0.717, 1.165) is 27.7 Å². The Morgan fingerprint density at radius 2 is 1.64 bits per heavy atom. The minimum Gasteiger partial charge on any atom is -0.496 e. The van der Waals surface area contributed by atoms with Crippen molar-refractivity contribution in [3.8, 4) is 11.5 Å². The summed E-state index contributed by atoms with van der Waals surface area (Å²) >= 11 is 0. The van der Waals surface area contributed by atoms with E-state index >= 15 is 0 Å². The molecular weight excluding hydrogens is 354 g/mol. The Morgan fingerprint density at radius 1 is 0.893 bits per heavy atom. The summed E-state index contributed by atoms with van der Waals surface area (Å²) in [6.45, 7) is 0. The maximum atomic E-state index is 12.5. The summed E-state index contributed by atoms with van der Waals surface area (Å²) in [4.78, 5) is 12.5. The van der Waals surface area contributed by atoms with Crippen molar-refractivity contribution in [2.24, 2.45) is 0 Å². The summed E-state index contributed by atoms with van der Waals surface area (Å²) in [6, 6.07) is 19.3. The number of anilines is 1. The van der Waals surface area contributed by atoms with Crippen molar-refractivity contribution in [2.75, 3.05) is 19.5 Å². The van der Waals surface area contributed by atoms with Crippen LogP contribution in [-0.2, 0) is 11.2 Å². The second kappa shape index (κ2) is 7.64. The van der Waals surface area contributed by atoms with Crippen molar-refractivity contribution in [2.45, 2.75) is 12.8 Å². The van der Waals surface area contributed by atoms with Crippen LogP contribution in [0.4, 0.5) is 5.69 Å². The van der Waals surface area contributed by atoms with Gasteiger partial charge in [-0.2, -0.15) is 0 Å². The van der Waals surface area contributed by atoms with Gasteiger partial charge in [0.15, 0.2) is 0 Å². The average Bonchev–Trinajstić information content (AvgIpc) is 3.09. The molecule has 0 atom stereocenters.